The molecule has 2 unspecified atom stereocenters. The number of unbranched alkanes of at least 4 members (excludes halogenated alkanes) is 42. The maximum absolute atomic E-state index is 13.1. The zero-order chi connectivity index (χ0) is 70.1. The third-order valence-electron chi connectivity index (χ3n) is 17.6. The highest BCUT2D eigenvalue weighted by atomic mass is 31.2. The van der Waals surface area contributed by atoms with Crippen LogP contribution in [0.1, 0.15) is 389 Å². The summed E-state index contributed by atoms with van der Waals surface area (Å²) in [6.07, 6.45) is 52.7. The Morgan fingerprint density at radius 1 is 0.284 bits per heavy atom. The Labute approximate surface area is 581 Å². The highest BCUT2D eigenvalue weighted by Crippen LogP contribution is 2.45. The molecular formula is C76H148O17P2. The molecule has 564 valence electrons. The van der Waals surface area contributed by atoms with Crippen LogP contribution in [-0.4, -0.2) is 96.7 Å². The minimum Gasteiger partial charge on any atom is -0.462 e. The molecule has 0 aliphatic rings. The van der Waals surface area contributed by atoms with E-state index in [9.17, 15) is 43.2 Å². The lowest BCUT2D eigenvalue weighted by Gasteiger charge is -2.21. The van der Waals surface area contributed by atoms with E-state index in [4.69, 9.17) is 37.0 Å². The van der Waals surface area contributed by atoms with Crippen molar-refractivity contribution in [3.05, 3.63) is 0 Å². The summed E-state index contributed by atoms with van der Waals surface area (Å²) >= 11 is 0. The zero-order valence-corrected chi connectivity index (χ0v) is 63.9. The first-order valence-electron chi connectivity index (χ1n) is 39.3. The lowest BCUT2D eigenvalue weighted by atomic mass is 10.0. The van der Waals surface area contributed by atoms with Crippen molar-refractivity contribution in [1.82, 2.24) is 0 Å². The van der Waals surface area contributed by atoms with Crippen molar-refractivity contribution in [3.8, 4) is 0 Å². The Kier molecular flexibility index (Phi) is 65.2. The molecule has 0 aliphatic carbocycles. The lowest BCUT2D eigenvalue weighted by molar-refractivity contribution is -0.161. The summed E-state index contributed by atoms with van der Waals surface area (Å²) in [5, 5.41) is 10.6. The minimum atomic E-state index is -4.96. The number of phosphoric acid groups is 2. The number of esters is 4. The van der Waals surface area contributed by atoms with E-state index in [1.165, 1.54) is 193 Å². The molecule has 17 nitrogen and oxygen atoms in total. The van der Waals surface area contributed by atoms with E-state index in [0.29, 0.717) is 25.7 Å². The van der Waals surface area contributed by atoms with E-state index >= 15 is 0 Å². The summed E-state index contributed by atoms with van der Waals surface area (Å²) in [5.41, 5.74) is 0. The molecule has 0 saturated carbocycles. The van der Waals surface area contributed by atoms with Crippen molar-refractivity contribution in [2.75, 3.05) is 39.6 Å². The van der Waals surface area contributed by atoms with Crippen LogP contribution < -0.4 is 0 Å². The van der Waals surface area contributed by atoms with Crippen LogP contribution in [0.2, 0.25) is 0 Å². The molecule has 5 atom stereocenters. The first-order chi connectivity index (χ1) is 45.7. The molecule has 0 rings (SSSR count). The van der Waals surface area contributed by atoms with Gasteiger partial charge in [-0.1, -0.05) is 337 Å². The molecule has 3 N–H and O–H groups in total. The Morgan fingerprint density at radius 2 is 0.484 bits per heavy atom. The van der Waals surface area contributed by atoms with Crippen LogP contribution in [-0.2, 0) is 65.4 Å². The van der Waals surface area contributed by atoms with Crippen LogP contribution >= 0.6 is 15.6 Å². The standard InChI is InChI=1S/C76H148O17P2/c1-8-9-10-11-12-36-43-50-57-73(78)86-63-71(92-76(81)60-53-46-39-32-26-20-23-29-35-42-49-56-69(6)7)65-90-94(82,83)88-61-70(77)62-89-95(84,85)91-66-72(64-87-74(79)58-51-44-37-30-25-19-22-28-34-41-48-55-68(4)5)93-75(80)59-52-45-38-31-24-18-16-14-13-15-17-21-27-33-40-47-54-67(2)3/h67-72,77H,8-66H2,1-7H3,(H,82,83)(H,84,85)/t70-,71+,72+/m0/s1. The van der Waals surface area contributed by atoms with E-state index < -0.39 is 97.5 Å². The number of carbonyl (C=O) groups is 4. The number of rotatable bonds is 74. The molecule has 19 heteroatoms. The largest absolute Gasteiger partial charge is 0.472 e. The first-order valence-corrected chi connectivity index (χ1v) is 42.3. The van der Waals surface area contributed by atoms with Gasteiger partial charge < -0.3 is 33.8 Å². The topological polar surface area (TPSA) is 237 Å². The third-order valence-corrected chi connectivity index (χ3v) is 19.5. The molecule has 0 fully saturated rings. The highest BCUT2D eigenvalue weighted by molar-refractivity contribution is 7.47. The van der Waals surface area contributed by atoms with Crippen molar-refractivity contribution in [3.63, 3.8) is 0 Å². The molecule has 0 amide bonds. The van der Waals surface area contributed by atoms with Crippen LogP contribution in [0.5, 0.6) is 0 Å². The number of phosphoric ester groups is 2. The number of hydrogen-bond donors (Lipinski definition) is 3. The maximum Gasteiger partial charge on any atom is 0.472 e. The predicted octanol–water partition coefficient (Wildman–Crippen LogP) is 22.2. The molecular weight excluding hydrogens is 1250 g/mol. The van der Waals surface area contributed by atoms with Crippen LogP contribution in [0, 0.1) is 17.8 Å². The third kappa shape index (κ3) is 70.3. The average molecular weight is 1400 g/mol. The zero-order valence-electron chi connectivity index (χ0n) is 62.1. The Balaban J connectivity index is 5.21. The minimum absolute atomic E-state index is 0.106. The van der Waals surface area contributed by atoms with Crippen LogP contribution in [0.3, 0.4) is 0 Å². The molecule has 0 aliphatic heterocycles. The molecule has 0 radical (unpaired) electrons. The fraction of sp³-hybridized carbons (Fsp3) is 0.947. The van der Waals surface area contributed by atoms with Crippen molar-refractivity contribution < 1.29 is 80.2 Å². The average Bonchev–Trinajstić information content (AvgIpc) is 1.30. The van der Waals surface area contributed by atoms with E-state index in [-0.39, 0.29) is 25.7 Å². The van der Waals surface area contributed by atoms with Crippen molar-refractivity contribution in [2.45, 2.75) is 407 Å². The van der Waals surface area contributed by atoms with Gasteiger partial charge in [0.2, 0.25) is 0 Å². The molecule has 0 heterocycles. The van der Waals surface area contributed by atoms with Crippen molar-refractivity contribution in [2.24, 2.45) is 17.8 Å². The molecule has 0 aromatic rings. The molecule has 0 saturated heterocycles. The second kappa shape index (κ2) is 66.6. The smallest absolute Gasteiger partial charge is 0.462 e. The normalized spacial score (nSPS) is 14.1. The van der Waals surface area contributed by atoms with Gasteiger partial charge in [0.1, 0.15) is 19.3 Å². The van der Waals surface area contributed by atoms with Gasteiger partial charge in [0.15, 0.2) is 12.2 Å². The van der Waals surface area contributed by atoms with E-state index in [2.05, 4.69) is 48.5 Å². The van der Waals surface area contributed by atoms with Gasteiger partial charge in [-0.3, -0.25) is 37.3 Å². The summed E-state index contributed by atoms with van der Waals surface area (Å²) in [7, 11) is -9.91. The van der Waals surface area contributed by atoms with Gasteiger partial charge in [-0.05, 0) is 43.4 Å². The summed E-state index contributed by atoms with van der Waals surface area (Å²) in [5.74, 6) is 0.226. The van der Waals surface area contributed by atoms with Crippen LogP contribution in [0.4, 0.5) is 0 Å². The van der Waals surface area contributed by atoms with Crippen molar-refractivity contribution >= 4 is 39.5 Å². The van der Waals surface area contributed by atoms with Gasteiger partial charge in [0.25, 0.3) is 0 Å². The summed E-state index contributed by atoms with van der Waals surface area (Å²) < 4.78 is 68.5. The Bertz CT molecular complexity index is 1850. The van der Waals surface area contributed by atoms with E-state index in [1.54, 1.807) is 0 Å². The number of hydrogen-bond acceptors (Lipinski definition) is 15. The molecule has 0 bridgehead atoms. The maximum atomic E-state index is 13.1. The summed E-state index contributed by atoms with van der Waals surface area (Å²) in [6, 6.07) is 0. The quantitative estimate of drug-likeness (QED) is 0.0222. The Hall–Kier alpha value is -1.94. The van der Waals surface area contributed by atoms with Gasteiger partial charge >= 0.3 is 39.5 Å². The van der Waals surface area contributed by atoms with Crippen LogP contribution in [0.15, 0.2) is 0 Å². The second-order valence-electron chi connectivity index (χ2n) is 28.8. The number of aliphatic hydroxyl groups is 1. The molecule has 0 aromatic carbocycles. The number of carbonyl (C=O) groups excluding carboxylic acids is 4. The Morgan fingerprint density at radius 3 is 0.716 bits per heavy atom. The molecule has 0 spiro atoms. The van der Waals surface area contributed by atoms with Crippen molar-refractivity contribution in [1.29, 1.82) is 0 Å². The van der Waals surface area contributed by atoms with E-state index in [1.807, 2.05) is 0 Å². The van der Waals surface area contributed by atoms with E-state index in [0.717, 1.165) is 114 Å². The predicted molar refractivity (Wildman–Crippen MR) is 386 cm³/mol. The fourth-order valence-corrected chi connectivity index (χ4v) is 13.2. The van der Waals surface area contributed by atoms with Gasteiger partial charge in [0, 0.05) is 25.7 Å². The number of ether oxygens (including phenoxy) is 4. The van der Waals surface area contributed by atoms with Crippen LogP contribution in [0.25, 0.3) is 0 Å². The SMILES string of the molecule is CCCCCCCCCCC(=O)OC[C@H](COP(=O)(O)OC[C@H](O)COP(=O)(O)OC[C@@H](COC(=O)CCCCCCCCCCCCCC(C)C)OC(=O)CCCCCCCCCCCCCCCCCCC(C)C)OC(=O)CCCCCCCCCCCCCC(C)C. The van der Waals surface area contributed by atoms with Gasteiger partial charge in [-0.25, -0.2) is 9.13 Å². The highest BCUT2D eigenvalue weighted by Gasteiger charge is 2.30. The molecule has 0 aromatic heterocycles. The van der Waals surface area contributed by atoms with Gasteiger partial charge in [-0.15, -0.1) is 0 Å². The molecule has 95 heavy (non-hydrogen) atoms. The lowest BCUT2D eigenvalue weighted by Crippen LogP contribution is -2.30. The van der Waals surface area contributed by atoms with Gasteiger partial charge in [-0.2, -0.15) is 0 Å². The first kappa shape index (κ1) is 93.1. The monoisotopic (exact) mass is 1400 g/mol. The summed E-state index contributed by atoms with van der Waals surface area (Å²) in [4.78, 5) is 72.7. The fourth-order valence-electron chi connectivity index (χ4n) is 11.6. The van der Waals surface area contributed by atoms with Gasteiger partial charge in [0.05, 0.1) is 26.4 Å². The second-order valence-corrected chi connectivity index (χ2v) is 31.7. The number of aliphatic hydroxyl groups excluding tert-OH is 1. The summed E-state index contributed by atoms with van der Waals surface area (Å²) in [6.45, 7) is 11.9.